The standard InChI is InChI=1S/C18H23N3O2S/c1-2-14-3-5-15(6-4-14)17-11-21(9-10-23-17)18(22)19-8-7-16-12-24-13-20-16/h3-6,12-13,17H,2,7-11H2,1H3,(H,19,22)/t17-/m0/s1. The van der Waals surface area contributed by atoms with Gasteiger partial charge in [-0.2, -0.15) is 0 Å². The minimum absolute atomic E-state index is 0.0243. The van der Waals surface area contributed by atoms with E-state index < -0.39 is 0 Å². The van der Waals surface area contributed by atoms with Crippen molar-refractivity contribution >= 4 is 17.4 Å². The lowest BCUT2D eigenvalue weighted by Crippen LogP contribution is -2.47. The largest absolute Gasteiger partial charge is 0.370 e. The molecule has 2 amide bonds. The fraction of sp³-hybridized carbons (Fsp3) is 0.444. The number of hydrogen-bond donors (Lipinski definition) is 1. The number of carbonyl (C=O) groups excluding carboxylic acids is 1. The van der Waals surface area contributed by atoms with Gasteiger partial charge in [-0.15, -0.1) is 11.3 Å². The Balaban J connectivity index is 1.51. The average Bonchev–Trinajstić information content (AvgIpc) is 3.15. The van der Waals surface area contributed by atoms with E-state index in [1.165, 1.54) is 5.56 Å². The molecule has 24 heavy (non-hydrogen) atoms. The second-order valence-corrected chi connectivity index (χ2v) is 6.58. The monoisotopic (exact) mass is 345 g/mol. The molecular weight excluding hydrogens is 322 g/mol. The zero-order chi connectivity index (χ0) is 16.8. The molecule has 1 saturated heterocycles. The molecule has 1 aliphatic rings. The molecule has 0 saturated carbocycles. The molecule has 0 spiro atoms. The normalized spacial score (nSPS) is 17.7. The molecule has 1 atom stereocenters. The Kier molecular flexibility index (Phi) is 5.82. The molecule has 2 heterocycles. The van der Waals surface area contributed by atoms with Gasteiger partial charge in [-0.05, 0) is 17.5 Å². The maximum atomic E-state index is 12.3. The highest BCUT2D eigenvalue weighted by molar-refractivity contribution is 7.07. The first-order chi connectivity index (χ1) is 11.8. The number of rotatable bonds is 5. The van der Waals surface area contributed by atoms with Crippen molar-refractivity contribution in [3.05, 3.63) is 52.0 Å². The van der Waals surface area contributed by atoms with Crippen molar-refractivity contribution in [2.24, 2.45) is 0 Å². The Morgan fingerprint density at radius 2 is 2.25 bits per heavy atom. The fourth-order valence-corrected chi connectivity index (χ4v) is 3.37. The highest BCUT2D eigenvalue weighted by Crippen LogP contribution is 2.22. The minimum atomic E-state index is -0.0473. The van der Waals surface area contributed by atoms with E-state index in [2.05, 4.69) is 41.5 Å². The van der Waals surface area contributed by atoms with Gasteiger partial charge < -0.3 is 15.0 Å². The molecule has 0 bridgehead atoms. The van der Waals surface area contributed by atoms with Crippen molar-refractivity contribution in [1.29, 1.82) is 0 Å². The van der Waals surface area contributed by atoms with Crippen LogP contribution < -0.4 is 5.32 Å². The van der Waals surface area contributed by atoms with Crippen LogP contribution in [0, 0.1) is 0 Å². The summed E-state index contributed by atoms with van der Waals surface area (Å²) in [5.74, 6) is 0. The number of aromatic nitrogens is 1. The van der Waals surface area contributed by atoms with E-state index in [4.69, 9.17) is 4.74 Å². The smallest absolute Gasteiger partial charge is 0.317 e. The lowest BCUT2D eigenvalue weighted by atomic mass is 10.0. The van der Waals surface area contributed by atoms with Crippen LogP contribution in [0.15, 0.2) is 35.2 Å². The Labute approximate surface area is 146 Å². The molecule has 1 fully saturated rings. The quantitative estimate of drug-likeness (QED) is 0.906. The van der Waals surface area contributed by atoms with Gasteiger partial charge in [-0.25, -0.2) is 9.78 Å². The number of ether oxygens (including phenoxy) is 1. The molecule has 0 aliphatic carbocycles. The summed E-state index contributed by atoms with van der Waals surface area (Å²) in [7, 11) is 0. The molecule has 2 aromatic rings. The summed E-state index contributed by atoms with van der Waals surface area (Å²) in [6.07, 6.45) is 1.75. The van der Waals surface area contributed by atoms with Crippen LogP contribution in [-0.2, 0) is 17.6 Å². The van der Waals surface area contributed by atoms with Crippen molar-refractivity contribution in [2.75, 3.05) is 26.2 Å². The average molecular weight is 345 g/mol. The number of nitrogens with one attached hydrogen (secondary N) is 1. The summed E-state index contributed by atoms with van der Waals surface area (Å²) in [6.45, 7) is 4.54. The minimum Gasteiger partial charge on any atom is -0.370 e. The molecule has 1 aromatic heterocycles. The van der Waals surface area contributed by atoms with E-state index in [1.807, 2.05) is 15.8 Å². The molecule has 3 rings (SSSR count). The van der Waals surface area contributed by atoms with Crippen molar-refractivity contribution in [1.82, 2.24) is 15.2 Å². The van der Waals surface area contributed by atoms with Gasteiger partial charge in [0, 0.05) is 24.9 Å². The lowest BCUT2D eigenvalue weighted by molar-refractivity contribution is -0.0154. The number of benzene rings is 1. The van der Waals surface area contributed by atoms with Crippen LogP contribution in [0.2, 0.25) is 0 Å². The Hall–Kier alpha value is -1.92. The van der Waals surface area contributed by atoms with Gasteiger partial charge in [0.15, 0.2) is 0 Å². The molecule has 1 aliphatic heterocycles. The summed E-state index contributed by atoms with van der Waals surface area (Å²) in [6, 6.07) is 8.45. The van der Waals surface area contributed by atoms with E-state index in [9.17, 15) is 4.79 Å². The molecule has 128 valence electrons. The number of amides is 2. The Morgan fingerprint density at radius 1 is 1.42 bits per heavy atom. The highest BCUT2D eigenvalue weighted by Gasteiger charge is 2.25. The van der Waals surface area contributed by atoms with Gasteiger partial charge in [-0.3, -0.25) is 0 Å². The zero-order valence-electron chi connectivity index (χ0n) is 13.9. The maximum Gasteiger partial charge on any atom is 0.317 e. The van der Waals surface area contributed by atoms with E-state index in [0.29, 0.717) is 26.2 Å². The van der Waals surface area contributed by atoms with Gasteiger partial charge >= 0.3 is 6.03 Å². The van der Waals surface area contributed by atoms with Gasteiger partial charge in [0.05, 0.1) is 24.4 Å². The van der Waals surface area contributed by atoms with Crippen LogP contribution in [0.25, 0.3) is 0 Å². The summed E-state index contributed by atoms with van der Waals surface area (Å²) in [5.41, 5.74) is 5.28. The van der Waals surface area contributed by atoms with Gasteiger partial charge in [0.1, 0.15) is 6.10 Å². The topological polar surface area (TPSA) is 54.5 Å². The number of morpholine rings is 1. The van der Waals surface area contributed by atoms with Crippen molar-refractivity contribution < 1.29 is 9.53 Å². The van der Waals surface area contributed by atoms with Gasteiger partial charge in [0.25, 0.3) is 0 Å². The van der Waals surface area contributed by atoms with Crippen LogP contribution in [0.4, 0.5) is 4.79 Å². The zero-order valence-corrected chi connectivity index (χ0v) is 14.7. The summed E-state index contributed by atoms with van der Waals surface area (Å²) in [4.78, 5) is 18.4. The third-order valence-electron chi connectivity index (χ3n) is 4.25. The van der Waals surface area contributed by atoms with Crippen molar-refractivity contribution in [3.8, 4) is 0 Å². The second-order valence-electron chi connectivity index (χ2n) is 5.86. The Morgan fingerprint density at radius 3 is 2.96 bits per heavy atom. The second kappa shape index (κ2) is 8.26. The SMILES string of the molecule is CCc1ccc([C@@H]2CN(C(=O)NCCc3cscn3)CCO2)cc1. The van der Waals surface area contributed by atoms with Crippen LogP contribution in [0.5, 0.6) is 0 Å². The summed E-state index contributed by atoms with van der Waals surface area (Å²) >= 11 is 1.58. The van der Waals surface area contributed by atoms with Crippen LogP contribution in [-0.4, -0.2) is 42.2 Å². The Bertz CT molecular complexity index is 643. The van der Waals surface area contributed by atoms with Crippen LogP contribution >= 0.6 is 11.3 Å². The molecule has 1 aromatic carbocycles. The van der Waals surface area contributed by atoms with E-state index >= 15 is 0 Å². The van der Waals surface area contributed by atoms with E-state index in [-0.39, 0.29) is 12.1 Å². The number of thiazole rings is 1. The van der Waals surface area contributed by atoms with Crippen molar-refractivity contribution in [2.45, 2.75) is 25.9 Å². The molecule has 6 heteroatoms. The number of aryl methyl sites for hydroxylation is 1. The molecule has 5 nitrogen and oxygen atoms in total. The van der Waals surface area contributed by atoms with Gasteiger partial charge in [0.2, 0.25) is 0 Å². The first kappa shape index (κ1) is 16.9. The fourth-order valence-electron chi connectivity index (χ4n) is 2.77. The number of carbonyl (C=O) groups is 1. The molecule has 0 radical (unpaired) electrons. The third-order valence-corrected chi connectivity index (χ3v) is 4.89. The molecule has 1 N–H and O–H groups in total. The number of hydrogen-bond acceptors (Lipinski definition) is 4. The number of nitrogens with zero attached hydrogens (tertiary/aromatic N) is 2. The van der Waals surface area contributed by atoms with Crippen LogP contribution in [0.1, 0.15) is 29.8 Å². The predicted molar refractivity (Wildman–Crippen MR) is 95.3 cm³/mol. The van der Waals surface area contributed by atoms with E-state index in [0.717, 1.165) is 24.1 Å². The number of urea groups is 1. The molecular formula is C18H23N3O2S. The van der Waals surface area contributed by atoms with Gasteiger partial charge in [-0.1, -0.05) is 31.2 Å². The first-order valence-corrected chi connectivity index (χ1v) is 9.31. The highest BCUT2D eigenvalue weighted by atomic mass is 32.1. The maximum absolute atomic E-state index is 12.3. The van der Waals surface area contributed by atoms with E-state index in [1.54, 1.807) is 11.3 Å². The predicted octanol–water partition coefficient (Wildman–Crippen LogP) is 3.03. The van der Waals surface area contributed by atoms with Crippen LogP contribution in [0.3, 0.4) is 0 Å². The molecule has 0 unspecified atom stereocenters. The first-order valence-electron chi connectivity index (χ1n) is 8.36. The van der Waals surface area contributed by atoms with Crippen molar-refractivity contribution in [3.63, 3.8) is 0 Å². The summed E-state index contributed by atoms with van der Waals surface area (Å²) < 4.78 is 5.85. The lowest BCUT2D eigenvalue weighted by Gasteiger charge is -2.33. The summed E-state index contributed by atoms with van der Waals surface area (Å²) in [5, 5.41) is 4.99. The third kappa shape index (κ3) is 4.33.